The van der Waals surface area contributed by atoms with Crippen LogP contribution in [0.3, 0.4) is 0 Å². The van der Waals surface area contributed by atoms with Crippen molar-refractivity contribution in [2.24, 2.45) is 0 Å². The molecule has 0 aliphatic heterocycles. The van der Waals surface area contributed by atoms with Gasteiger partial charge in [-0.1, -0.05) is 6.42 Å². The van der Waals surface area contributed by atoms with Gasteiger partial charge in [0.25, 0.3) is 0 Å². The average molecular weight is 218 g/mol. The van der Waals surface area contributed by atoms with Crippen LogP contribution in [0.15, 0.2) is 17.6 Å². The molecule has 0 unspecified atom stereocenters. The Morgan fingerprint density at radius 2 is 2.14 bits per heavy atom. The van der Waals surface area contributed by atoms with Crippen LogP contribution in [0.5, 0.6) is 0 Å². The van der Waals surface area contributed by atoms with Crippen LogP contribution in [-0.2, 0) is 9.84 Å². The first-order valence-electron chi connectivity index (χ1n) is 4.50. The summed E-state index contributed by atoms with van der Waals surface area (Å²) in [7, 11) is -3.25. The Kier molecular flexibility index (Phi) is 4.09. The van der Waals surface area contributed by atoms with E-state index in [4.69, 9.17) is 5.11 Å². The third-order valence-corrected chi connectivity index (χ3v) is 3.48. The molecule has 1 aromatic rings. The third-order valence-electron chi connectivity index (χ3n) is 1.84. The maximum absolute atomic E-state index is 11.5. The first kappa shape index (κ1) is 11.2. The lowest BCUT2D eigenvalue weighted by atomic mass is 10.3. The largest absolute Gasteiger partial charge is 0.396 e. The standard InChI is InChI=1S/C8H14N2O3S/c11-6-2-1-3-7-14(12,13)8-9-4-5-10-8/h4-5,11H,1-3,6-7H2,(H,9,10). The van der Waals surface area contributed by atoms with Crippen molar-refractivity contribution in [2.75, 3.05) is 12.4 Å². The first-order chi connectivity index (χ1) is 6.67. The fourth-order valence-electron chi connectivity index (χ4n) is 1.10. The predicted octanol–water partition coefficient (Wildman–Crippen LogP) is 0.346. The molecule has 1 rings (SSSR count). The lowest BCUT2D eigenvalue weighted by Crippen LogP contribution is -2.08. The second kappa shape index (κ2) is 5.11. The van der Waals surface area contributed by atoms with Crippen molar-refractivity contribution in [1.29, 1.82) is 0 Å². The Hall–Kier alpha value is -0.880. The summed E-state index contributed by atoms with van der Waals surface area (Å²) in [5.41, 5.74) is 0. The minimum atomic E-state index is -3.25. The molecule has 0 fully saturated rings. The van der Waals surface area contributed by atoms with Crippen LogP contribution in [-0.4, -0.2) is 35.9 Å². The summed E-state index contributed by atoms with van der Waals surface area (Å²) in [5, 5.41) is 8.54. The normalized spacial score (nSPS) is 11.8. The topological polar surface area (TPSA) is 83.1 Å². The molecular weight excluding hydrogens is 204 g/mol. The summed E-state index contributed by atoms with van der Waals surface area (Å²) in [6.45, 7) is 0.112. The SMILES string of the molecule is O=S(=O)(CCCCCO)c1ncc[nH]1. The number of H-pyrrole nitrogens is 1. The van der Waals surface area contributed by atoms with Gasteiger partial charge in [-0.05, 0) is 12.8 Å². The van der Waals surface area contributed by atoms with E-state index in [-0.39, 0.29) is 17.5 Å². The molecule has 1 aromatic heterocycles. The smallest absolute Gasteiger partial charge is 0.224 e. The van der Waals surface area contributed by atoms with Crippen LogP contribution in [0.25, 0.3) is 0 Å². The molecule has 2 N–H and O–H groups in total. The maximum atomic E-state index is 11.5. The van der Waals surface area contributed by atoms with E-state index in [2.05, 4.69) is 9.97 Å². The Bertz CT molecular complexity index is 345. The van der Waals surface area contributed by atoms with Crippen molar-refractivity contribution >= 4 is 9.84 Å². The van der Waals surface area contributed by atoms with Gasteiger partial charge in [0, 0.05) is 19.0 Å². The second-order valence-corrected chi connectivity index (χ2v) is 5.02. The van der Waals surface area contributed by atoms with Crippen molar-refractivity contribution in [3.05, 3.63) is 12.4 Å². The van der Waals surface area contributed by atoms with E-state index in [1.165, 1.54) is 12.4 Å². The molecule has 6 heteroatoms. The van der Waals surface area contributed by atoms with Gasteiger partial charge in [-0.15, -0.1) is 0 Å². The Labute approximate surface area is 83.1 Å². The number of nitrogens with zero attached hydrogens (tertiary/aromatic N) is 1. The molecule has 0 spiro atoms. The molecule has 1 heterocycles. The molecule has 0 aliphatic rings. The molecule has 0 bridgehead atoms. The summed E-state index contributed by atoms with van der Waals surface area (Å²) in [6.07, 6.45) is 4.83. The fraction of sp³-hybridized carbons (Fsp3) is 0.625. The molecule has 14 heavy (non-hydrogen) atoms. The molecule has 0 radical (unpaired) electrons. The lowest BCUT2D eigenvalue weighted by Gasteiger charge is -1.99. The van der Waals surface area contributed by atoms with Gasteiger partial charge in [0.15, 0.2) is 0 Å². The number of aromatic amines is 1. The second-order valence-electron chi connectivity index (χ2n) is 3.00. The zero-order chi connectivity index (χ0) is 10.4. The van der Waals surface area contributed by atoms with Gasteiger partial charge >= 0.3 is 0 Å². The maximum Gasteiger partial charge on any atom is 0.224 e. The van der Waals surface area contributed by atoms with Crippen molar-refractivity contribution in [2.45, 2.75) is 24.4 Å². The monoisotopic (exact) mass is 218 g/mol. The van der Waals surface area contributed by atoms with Gasteiger partial charge in [0.05, 0.1) is 5.75 Å². The van der Waals surface area contributed by atoms with Crippen LogP contribution in [0.2, 0.25) is 0 Å². The van der Waals surface area contributed by atoms with E-state index in [9.17, 15) is 8.42 Å². The van der Waals surface area contributed by atoms with Crippen molar-refractivity contribution in [3.8, 4) is 0 Å². The number of sulfone groups is 1. The molecule has 5 nitrogen and oxygen atoms in total. The minimum Gasteiger partial charge on any atom is -0.396 e. The number of rotatable bonds is 6. The van der Waals surface area contributed by atoms with E-state index >= 15 is 0 Å². The molecule has 0 aromatic carbocycles. The van der Waals surface area contributed by atoms with Gasteiger partial charge < -0.3 is 10.1 Å². The highest BCUT2D eigenvalue weighted by atomic mass is 32.2. The number of hydrogen-bond donors (Lipinski definition) is 2. The highest BCUT2D eigenvalue weighted by Crippen LogP contribution is 2.07. The van der Waals surface area contributed by atoms with Gasteiger partial charge in [-0.25, -0.2) is 13.4 Å². The molecule has 0 saturated carbocycles. The molecule has 0 amide bonds. The Morgan fingerprint density at radius 1 is 1.36 bits per heavy atom. The Morgan fingerprint density at radius 3 is 2.71 bits per heavy atom. The van der Waals surface area contributed by atoms with Crippen LogP contribution in [0.4, 0.5) is 0 Å². The predicted molar refractivity (Wildman–Crippen MR) is 51.6 cm³/mol. The molecule has 0 aliphatic carbocycles. The van der Waals surface area contributed by atoms with E-state index < -0.39 is 9.84 Å². The van der Waals surface area contributed by atoms with E-state index in [1.54, 1.807) is 0 Å². The van der Waals surface area contributed by atoms with Crippen molar-refractivity contribution < 1.29 is 13.5 Å². The molecule has 0 atom stereocenters. The zero-order valence-electron chi connectivity index (χ0n) is 7.81. The quantitative estimate of drug-likeness (QED) is 0.675. The summed E-state index contributed by atoms with van der Waals surface area (Å²) in [5.74, 6) is 0.0838. The van der Waals surface area contributed by atoms with Crippen LogP contribution in [0, 0.1) is 0 Å². The van der Waals surface area contributed by atoms with Crippen LogP contribution < -0.4 is 0 Å². The molecule has 0 saturated heterocycles. The highest BCUT2D eigenvalue weighted by Gasteiger charge is 2.15. The summed E-state index contributed by atoms with van der Waals surface area (Å²) >= 11 is 0. The van der Waals surface area contributed by atoms with Gasteiger partial charge in [0.2, 0.25) is 15.0 Å². The number of unbranched alkanes of at least 4 members (excludes halogenated alkanes) is 2. The third kappa shape index (κ3) is 3.12. The number of nitrogens with one attached hydrogen (secondary N) is 1. The van der Waals surface area contributed by atoms with E-state index in [1.807, 2.05) is 0 Å². The van der Waals surface area contributed by atoms with Crippen LogP contribution in [0.1, 0.15) is 19.3 Å². The minimum absolute atomic E-state index is 0.0292. The number of aliphatic hydroxyl groups excluding tert-OH is 1. The van der Waals surface area contributed by atoms with Gasteiger partial charge in [-0.2, -0.15) is 0 Å². The number of aromatic nitrogens is 2. The van der Waals surface area contributed by atoms with E-state index in [0.29, 0.717) is 12.8 Å². The highest BCUT2D eigenvalue weighted by molar-refractivity contribution is 7.91. The molecule has 80 valence electrons. The number of hydrogen-bond acceptors (Lipinski definition) is 4. The van der Waals surface area contributed by atoms with Gasteiger partial charge in [-0.3, -0.25) is 0 Å². The first-order valence-corrected chi connectivity index (χ1v) is 6.15. The summed E-state index contributed by atoms with van der Waals surface area (Å²) in [4.78, 5) is 6.26. The number of aliphatic hydroxyl groups is 1. The fourth-order valence-corrected chi connectivity index (χ4v) is 2.34. The van der Waals surface area contributed by atoms with Crippen molar-refractivity contribution in [1.82, 2.24) is 9.97 Å². The molecular formula is C8H14N2O3S. The summed E-state index contributed by atoms with van der Waals surface area (Å²) < 4.78 is 23.0. The number of imidazole rings is 1. The van der Waals surface area contributed by atoms with Crippen molar-refractivity contribution in [3.63, 3.8) is 0 Å². The average Bonchev–Trinajstić information content (AvgIpc) is 2.65. The lowest BCUT2D eigenvalue weighted by molar-refractivity contribution is 0.284. The van der Waals surface area contributed by atoms with E-state index in [0.717, 1.165) is 6.42 Å². The van der Waals surface area contributed by atoms with Crippen LogP contribution >= 0.6 is 0 Å². The van der Waals surface area contributed by atoms with Gasteiger partial charge in [0.1, 0.15) is 0 Å². The Balaban J connectivity index is 2.44. The zero-order valence-corrected chi connectivity index (χ0v) is 8.63. The summed E-state index contributed by atoms with van der Waals surface area (Å²) in [6, 6.07) is 0.